The minimum Gasteiger partial charge on any atom is -0.454 e. The Morgan fingerprint density at radius 2 is 2.17 bits per heavy atom. The van der Waals surface area contributed by atoms with Crippen LogP contribution in [0.5, 0.6) is 11.5 Å². The third-order valence-electron chi connectivity index (χ3n) is 3.35. The highest BCUT2D eigenvalue weighted by Crippen LogP contribution is 2.33. The van der Waals surface area contributed by atoms with E-state index in [-0.39, 0.29) is 19.8 Å². The average molecular weight is 328 g/mol. The minimum absolute atomic E-state index is 0.0554. The molecular formula is C13H12N8O3. The summed E-state index contributed by atoms with van der Waals surface area (Å²) in [6.45, 7) is 0.466. The fourth-order valence-corrected chi connectivity index (χ4v) is 2.35. The van der Waals surface area contributed by atoms with Crippen LogP contribution in [0, 0.1) is 0 Å². The molecule has 3 aromatic rings. The summed E-state index contributed by atoms with van der Waals surface area (Å²) in [5, 5.41) is 15.3. The van der Waals surface area contributed by atoms with Crippen molar-refractivity contribution < 1.29 is 14.3 Å². The molecule has 122 valence electrons. The first-order valence-corrected chi connectivity index (χ1v) is 7.03. The number of rotatable bonds is 5. The second-order valence-corrected chi connectivity index (χ2v) is 5.04. The van der Waals surface area contributed by atoms with Gasteiger partial charge in [-0.25, -0.2) is 14.3 Å². The number of aromatic nitrogens is 7. The normalized spacial score (nSPS) is 12.5. The zero-order valence-electron chi connectivity index (χ0n) is 12.4. The van der Waals surface area contributed by atoms with Crippen LogP contribution in [-0.4, -0.2) is 47.7 Å². The van der Waals surface area contributed by atoms with Gasteiger partial charge in [0.1, 0.15) is 12.9 Å². The lowest BCUT2D eigenvalue weighted by molar-refractivity contribution is -0.117. The van der Waals surface area contributed by atoms with E-state index in [0.717, 1.165) is 0 Å². The minimum atomic E-state index is -0.508. The number of ether oxygens (including phenoxy) is 2. The van der Waals surface area contributed by atoms with Gasteiger partial charge in [0, 0.05) is 6.07 Å². The van der Waals surface area contributed by atoms with E-state index in [9.17, 15) is 4.79 Å². The summed E-state index contributed by atoms with van der Waals surface area (Å²) in [5.74, 6) is 1.65. The molecule has 0 aliphatic carbocycles. The molecule has 0 spiro atoms. The van der Waals surface area contributed by atoms with Crippen molar-refractivity contribution in [3.63, 3.8) is 0 Å². The van der Waals surface area contributed by atoms with Crippen molar-refractivity contribution in [2.45, 2.75) is 13.0 Å². The van der Waals surface area contributed by atoms with Crippen LogP contribution in [0.1, 0.15) is 11.6 Å². The maximum absolute atomic E-state index is 11.2. The highest BCUT2D eigenvalue weighted by atomic mass is 16.7. The van der Waals surface area contributed by atoms with Crippen LogP contribution in [0.4, 0.5) is 0 Å². The lowest BCUT2D eigenvalue weighted by atomic mass is 10.3. The van der Waals surface area contributed by atoms with Crippen molar-refractivity contribution in [1.29, 1.82) is 0 Å². The molecule has 0 saturated heterocycles. The molecular weight excluding hydrogens is 316 g/mol. The monoisotopic (exact) mass is 328 g/mol. The number of hydrogen-bond acceptors (Lipinski definition) is 8. The Bertz CT molecular complexity index is 889. The summed E-state index contributed by atoms with van der Waals surface area (Å²) in [5.41, 5.74) is 5.94. The van der Waals surface area contributed by atoms with Gasteiger partial charge in [-0.3, -0.25) is 4.79 Å². The molecule has 2 N–H and O–H groups in total. The van der Waals surface area contributed by atoms with E-state index < -0.39 is 5.91 Å². The lowest BCUT2D eigenvalue weighted by Gasteiger charge is -2.06. The molecule has 0 unspecified atom stereocenters. The summed E-state index contributed by atoms with van der Waals surface area (Å²) in [4.78, 5) is 15.5. The Morgan fingerprint density at radius 1 is 1.29 bits per heavy atom. The van der Waals surface area contributed by atoms with Gasteiger partial charge in [-0.15, -0.1) is 5.10 Å². The highest BCUT2D eigenvalue weighted by Gasteiger charge is 2.18. The quantitative estimate of drug-likeness (QED) is 0.633. The molecule has 11 heteroatoms. The number of primary amides is 1. The van der Waals surface area contributed by atoms with Crippen LogP contribution in [0.2, 0.25) is 0 Å². The number of tetrazole rings is 1. The third-order valence-corrected chi connectivity index (χ3v) is 3.35. The molecule has 11 nitrogen and oxygen atoms in total. The van der Waals surface area contributed by atoms with E-state index in [1.807, 2.05) is 6.07 Å². The first-order chi connectivity index (χ1) is 11.7. The van der Waals surface area contributed by atoms with E-state index in [2.05, 4.69) is 25.6 Å². The van der Waals surface area contributed by atoms with Crippen molar-refractivity contribution in [1.82, 2.24) is 35.0 Å². The lowest BCUT2D eigenvalue weighted by Crippen LogP contribution is -2.14. The molecule has 0 fully saturated rings. The summed E-state index contributed by atoms with van der Waals surface area (Å²) < 4.78 is 13.8. The second kappa shape index (κ2) is 5.61. The van der Waals surface area contributed by atoms with Crippen LogP contribution >= 0.6 is 0 Å². The molecule has 1 aliphatic rings. The molecule has 2 aromatic heterocycles. The van der Waals surface area contributed by atoms with Crippen molar-refractivity contribution in [2.75, 3.05) is 6.79 Å². The number of carbonyl (C=O) groups is 1. The third kappa shape index (κ3) is 2.62. The fraction of sp³-hybridized carbons (Fsp3) is 0.231. The molecule has 3 heterocycles. The predicted molar refractivity (Wildman–Crippen MR) is 77.3 cm³/mol. The number of carbonyl (C=O) groups excluding carboxylic acids is 1. The van der Waals surface area contributed by atoms with Crippen LogP contribution in [-0.2, 0) is 17.8 Å². The maximum atomic E-state index is 11.2. The fourth-order valence-electron chi connectivity index (χ4n) is 2.35. The number of fused-ring (bicyclic) bond motifs is 1. The topological polar surface area (TPSA) is 136 Å². The van der Waals surface area contributed by atoms with E-state index in [4.69, 9.17) is 15.2 Å². The van der Waals surface area contributed by atoms with Crippen molar-refractivity contribution in [3.8, 4) is 17.2 Å². The zero-order valence-corrected chi connectivity index (χ0v) is 12.4. The standard InChI is InChI=1S/C13H12N8O3/c14-11(22)4-12-16-13(5-20-6-15-18-19-20)21(17-12)8-1-2-9-10(3-8)24-7-23-9/h1-3,6H,4-5,7H2,(H2,14,22). The molecule has 0 bridgehead atoms. The Hall–Kier alpha value is -3.50. The van der Waals surface area contributed by atoms with Gasteiger partial charge in [0.05, 0.1) is 12.1 Å². The summed E-state index contributed by atoms with van der Waals surface area (Å²) in [7, 11) is 0. The molecule has 24 heavy (non-hydrogen) atoms. The Balaban J connectivity index is 1.74. The number of nitrogens with zero attached hydrogens (tertiary/aromatic N) is 7. The summed E-state index contributed by atoms with van der Waals surface area (Å²) in [6, 6.07) is 5.39. The average Bonchev–Trinajstić information content (AvgIpc) is 3.27. The summed E-state index contributed by atoms with van der Waals surface area (Å²) >= 11 is 0. The number of amides is 1. The number of hydrogen-bond donors (Lipinski definition) is 1. The zero-order chi connectivity index (χ0) is 16.5. The van der Waals surface area contributed by atoms with E-state index in [0.29, 0.717) is 28.8 Å². The van der Waals surface area contributed by atoms with Crippen LogP contribution in [0.25, 0.3) is 5.69 Å². The SMILES string of the molecule is NC(=O)Cc1nc(Cn2cnnn2)n(-c2ccc3c(c2)OCO3)n1. The Morgan fingerprint density at radius 3 is 2.96 bits per heavy atom. The first-order valence-electron chi connectivity index (χ1n) is 7.03. The van der Waals surface area contributed by atoms with E-state index >= 15 is 0 Å². The van der Waals surface area contributed by atoms with Crippen molar-refractivity contribution >= 4 is 5.91 Å². The van der Waals surface area contributed by atoms with Crippen molar-refractivity contribution in [2.24, 2.45) is 5.73 Å². The molecule has 1 aliphatic heterocycles. The van der Waals surface area contributed by atoms with Gasteiger partial charge in [-0.1, -0.05) is 0 Å². The molecule has 0 radical (unpaired) electrons. The van der Waals surface area contributed by atoms with Gasteiger partial charge in [-0.2, -0.15) is 5.10 Å². The Kier molecular flexibility index (Phi) is 3.30. The van der Waals surface area contributed by atoms with Gasteiger partial charge in [0.25, 0.3) is 0 Å². The predicted octanol–water partition coefficient (Wildman–Crippen LogP) is -0.941. The van der Waals surface area contributed by atoms with Gasteiger partial charge in [0.2, 0.25) is 12.7 Å². The summed E-state index contributed by atoms with van der Waals surface area (Å²) in [6.07, 6.45) is 1.41. The van der Waals surface area contributed by atoms with Gasteiger partial charge >= 0.3 is 0 Å². The molecule has 0 atom stereocenters. The van der Waals surface area contributed by atoms with Gasteiger partial charge in [-0.05, 0) is 22.6 Å². The number of benzene rings is 1. The van der Waals surface area contributed by atoms with Crippen LogP contribution in [0.3, 0.4) is 0 Å². The Labute approximate surface area is 135 Å². The van der Waals surface area contributed by atoms with E-state index in [1.165, 1.54) is 11.0 Å². The number of nitrogens with two attached hydrogens (primary N) is 1. The molecule has 4 rings (SSSR count). The first kappa shape index (κ1) is 14.1. The molecule has 0 saturated carbocycles. The van der Waals surface area contributed by atoms with Crippen molar-refractivity contribution in [3.05, 3.63) is 36.2 Å². The van der Waals surface area contributed by atoms with Crippen LogP contribution in [0.15, 0.2) is 24.5 Å². The molecule has 1 aromatic carbocycles. The molecule has 1 amide bonds. The van der Waals surface area contributed by atoms with Gasteiger partial charge in [0.15, 0.2) is 23.1 Å². The van der Waals surface area contributed by atoms with E-state index in [1.54, 1.807) is 16.8 Å². The second-order valence-electron chi connectivity index (χ2n) is 5.04. The van der Waals surface area contributed by atoms with Gasteiger partial charge < -0.3 is 15.2 Å². The smallest absolute Gasteiger partial charge is 0.231 e. The maximum Gasteiger partial charge on any atom is 0.231 e. The highest BCUT2D eigenvalue weighted by molar-refractivity contribution is 5.75. The largest absolute Gasteiger partial charge is 0.454 e. The van der Waals surface area contributed by atoms with Crippen LogP contribution < -0.4 is 15.2 Å².